The molecule has 1 atom stereocenters. The van der Waals surface area contributed by atoms with Crippen LogP contribution >= 0.6 is 11.6 Å². The molecule has 138 valence electrons. The summed E-state index contributed by atoms with van der Waals surface area (Å²) in [6.07, 6.45) is -0.452. The minimum atomic E-state index is -0.938. The van der Waals surface area contributed by atoms with Gasteiger partial charge in [0.1, 0.15) is 11.9 Å². The van der Waals surface area contributed by atoms with Gasteiger partial charge in [0.05, 0.1) is 6.54 Å². The van der Waals surface area contributed by atoms with Gasteiger partial charge >= 0.3 is 6.09 Å². The van der Waals surface area contributed by atoms with Crippen molar-refractivity contribution in [2.45, 2.75) is 45.8 Å². The van der Waals surface area contributed by atoms with Crippen LogP contribution in [-0.4, -0.2) is 28.7 Å². The van der Waals surface area contributed by atoms with Gasteiger partial charge in [0, 0.05) is 23.6 Å². The molecule has 1 amide bonds. The van der Waals surface area contributed by atoms with Gasteiger partial charge < -0.3 is 14.7 Å². The minimum absolute atomic E-state index is 0.195. The normalized spacial score (nSPS) is 15.7. The molecule has 4 nitrogen and oxygen atoms in total. The number of amides is 1. The Morgan fingerprint density at radius 1 is 1.35 bits per heavy atom. The molecule has 0 radical (unpaired) electrons. The zero-order valence-corrected chi connectivity index (χ0v) is 16.1. The van der Waals surface area contributed by atoms with Crippen molar-refractivity contribution in [3.8, 4) is 5.75 Å². The highest BCUT2D eigenvalue weighted by molar-refractivity contribution is 6.31. The average molecular weight is 374 g/mol. The van der Waals surface area contributed by atoms with Crippen LogP contribution in [0.25, 0.3) is 0 Å². The molecule has 0 aliphatic carbocycles. The fourth-order valence-corrected chi connectivity index (χ4v) is 3.64. The number of benzene rings is 2. The second kappa shape index (κ2) is 7.58. The first kappa shape index (κ1) is 18.6. The molecule has 5 heteroatoms. The molecule has 1 heterocycles. The first-order valence-corrected chi connectivity index (χ1v) is 9.25. The first-order chi connectivity index (χ1) is 12.4. The number of fused-ring (bicyclic) bond motifs is 1. The van der Waals surface area contributed by atoms with E-state index >= 15 is 0 Å². The number of nitrogens with zero attached hydrogens (tertiary/aromatic N) is 1. The largest absolute Gasteiger partial charge is 0.488 e. The van der Waals surface area contributed by atoms with Crippen LogP contribution in [0.4, 0.5) is 4.79 Å². The van der Waals surface area contributed by atoms with E-state index in [1.165, 1.54) is 4.90 Å². The summed E-state index contributed by atoms with van der Waals surface area (Å²) in [5.74, 6) is 1.18. The molecule has 26 heavy (non-hydrogen) atoms. The molecule has 1 aliphatic rings. The summed E-state index contributed by atoms with van der Waals surface area (Å²) in [6, 6.07) is 11.6. The Morgan fingerprint density at radius 2 is 2.04 bits per heavy atom. The van der Waals surface area contributed by atoms with Crippen LogP contribution in [-0.2, 0) is 13.0 Å². The molecule has 1 unspecified atom stereocenters. The molecule has 0 saturated heterocycles. The fourth-order valence-electron chi connectivity index (χ4n) is 3.41. The van der Waals surface area contributed by atoms with Crippen molar-refractivity contribution >= 4 is 17.7 Å². The number of hydrogen-bond acceptors (Lipinski definition) is 2. The summed E-state index contributed by atoms with van der Waals surface area (Å²) < 4.78 is 6.19. The average Bonchev–Trinajstić information content (AvgIpc) is 3.02. The van der Waals surface area contributed by atoms with Crippen LogP contribution in [0.15, 0.2) is 36.4 Å². The quantitative estimate of drug-likeness (QED) is 0.778. The van der Waals surface area contributed by atoms with Crippen LogP contribution in [0, 0.1) is 6.92 Å². The summed E-state index contributed by atoms with van der Waals surface area (Å²) in [5, 5.41) is 10.3. The van der Waals surface area contributed by atoms with E-state index in [-0.39, 0.29) is 6.10 Å². The summed E-state index contributed by atoms with van der Waals surface area (Å²) >= 11 is 6.39. The monoisotopic (exact) mass is 373 g/mol. The molecule has 3 rings (SSSR count). The third-order valence-electron chi connectivity index (χ3n) is 4.88. The number of carbonyl (C=O) groups is 1. The number of carboxylic acid groups (broad SMARTS) is 1. The van der Waals surface area contributed by atoms with E-state index in [4.69, 9.17) is 16.3 Å². The Bertz CT molecular complexity index is 805. The Hall–Kier alpha value is -2.20. The van der Waals surface area contributed by atoms with Crippen LogP contribution in [0.3, 0.4) is 0 Å². The molecule has 0 fully saturated rings. The van der Waals surface area contributed by atoms with Gasteiger partial charge in [-0.3, -0.25) is 0 Å². The molecule has 1 aliphatic heterocycles. The first-order valence-electron chi connectivity index (χ1n) is 8.87. The Kier molecular flexibility index (Phi) is 5.42. The topological polar surface area (TPSA) is 49.8 Å². The summed E-state index contributed by atoms with van der Waals surface area (Å²) in [5.41, 5.74) is 4.19. The van der Waals surface area contributed by atoms with Gasteiger partial charge in [-0.25, -0.2) is 4.79 Å². The molecular formula is C21H24ClNO3. The highest BCUT2D eigenvalue weighted by atomic mass is 35.5. The van der Waals surface area contributed by atoms with E-state index in [1.54, 1.807) is 0 Å². The van der Waals surface area contributed by atoms with E-state index in [2.05, 4.69) is 13.8 Å². The van der Waals surface area contributed by atoms with Gasteiger partial charge in [-0.2, -0.15) is 0 Å². The van der Waals surface area contributed by atoms with E-state index in [0.29, 0.717) is 25.4 Å². The molecule has 0 spiro atoms. The lowest BCUT2D eigenvalue weighted by Crippen LogP contribution is -2.38. The fraction of sp³-hybridized carbons (Fsp3) is 0.381. The molecular weight excluding hydrogens is 350 g/mol. The van der Waals surface area contributed by atoms with Crippen molar-refractivity contribution in [2.24, 2.45) is 0 Å². The van der Waals surface area contributed by atoms with Crippen LogP contribution in [0.5, 0.6) is 5.75 Å². The molecule has 1 N–H and O–H groups in total. The molecule has 0 bridgehead atoms. The number of hydrogen-bond donors (Lipinski definition) is 1. The van der Waals surface area contributed by atoms with Gasteiger partial charge in [0.15, 0.2) is 0 Å². The second-order valence-electron chi connectivity index (χ2n) is 7.13. The van der Waals surface area contributed by atoms with E-state index in [9.17, 15) is 9.90 Å². The van der Waals surface area contributed by atoms with Gasteiger partial charge in [-0.15, -0.1) is 0 Å². The Balaban J connectivity index is 1.79. The van der Waals surface area contributed by atoms with Crippen molar-refractivity contribution < 1.29 is 14.6 Å². The lowest BCUT2D eigenvalue weighted by Gasteiger charge is -2.23. The maximum absolute atomic E-state index is 11.7. The highest BCUT2D eigenvalue weighted by Crippen LogP contribution is 2.41. The predicted molar refractivity (Wildman–Crippen MR) is 103 cm³/mol. The van der Waals surface area contributed by atoms with Crippen molar-refractivity contribution in [3.63, 3.8) is 0 Å². The zero-order valence-electron chi connectivity index (χ0n) is 15.3. The number of rotatable bonds is 5. The van der Waals surface area contributed by atoms with Crippen molar-refractivity contribution in [1.29, 1.82) is 0 Å². The number of halogens is 1. The molecule has 2 aromatic rings. The smallest absolute Gasteiger partial charge is 0.407 e. The van der Waals surface area contributed by atoms with Crippen LogP contribution in [0.1, 0.15) is 42.0 Å². The third-order valence-corrected chi connectivity index (χ3v) is 5.27. The van der Waals surface area contributed by atoms with Crippen LogP contribution < -0.4 is 4.74 Å². The lowest BCUT2D eigenvalue weighted by molar-refractivity contribution is 0.112. The lowest BCUT2D eigenvalue weighted by atomic mass is 9.95. The van der Waals surface area contributed by atoms with E-state index in [1.807, 2.05) is 43.3 Å². The van der Waals surface area contributed by atoms with Gasteiger partial charge in [0.25, 0.3) is 0 Å². The standard InChI is InChI=1S/C21H24ClNO3/c1-13(2)17-10-19(22)14(3)18-9-16(26-20(17)18)12-23(21(24)25)11-15-7-5-4-6-8-15/h4-8,10,13,16H,9,11-12H2,1-3H3,(H,24,25). The SMILES string of the molecule is Cc1c(Cl)cc(C(C)C)c2c1CC(CN(Cc1ccccc1)C(=O)O)O2. The van der Waals surface area contributed by atoms with Gasteiger partial charge in [-0.1, -0.05) is 55.8 Å². The molecule has 0 aromatic heterocycles. The Labute approximate surface area is 159 Å². The summed E-state index contributed by atoms with van der Waals surface area (Å²) in [7, 11) is 0. The number of ether oxygens (including phenoxy) is 1. The van der Waals surface area contributed by atoms with Gasteiger partial charge in [-0.05, 0) is 35.6 Å². The van der Waals surface area contributed by atoms with E-state index < -0.39 is 6.09 Å². The predicted octanol–water partition coefficient (Wildman–Crippen LogP) is 5.26. The third kappa shape index (κ3) is 3.80. The van der Waals surface area contributed by atoms with Gasteiger partial charge in [0.2, 0.25) is 0 Å². The van der Waals surface area contributed by atoms with Crippen molar-refractivity contribution in [3.05, 3.63) is 63.7 Å². The maximum Gasteiger partial charge on any atom is 0.407 e. The Morgan fingerprint density at radius 3 is 2.65 bits per heavy atom. The van der Waals surface area contributed by atoms with E-state index in [0.717, 1.165) is 33.0 Å². The summed E-state index contributed by atoms with van der Waals surface area (Å²) in [4.78, 5) is 13.1. The molecule has 2 aromatic carbocycles. The minimum Gasteiger partial charge on any atom is -0.488 e. The van der Waals surface area contributed by atoms with Crippen LogP contribution in [0.2, 0.25) is 5.02 Å². The van der Waals surface area contributed by atoms with Crippen molar-refractivity contribution in [2.75, 3.05) is 6.54 Å². The highest BCUT2D eigenvalue weighted by Gasteiger charge is 2.31. The second-order valence-corrected chi connectivity index (χ2v) is 7.53. The maximum atomic E-state index is 11.7. The molecule has 0 saturated carbocycles. The van der Waals surface area contributed by atoms with Crippen molar-refractivity contribution in [1.82, 2.24) is 4.90 Å². The summed E-state index contributed by atoms with van der Waals surface area (Å²) in [6.45, 7) is 6.89. The zero-order chi connectivity index (χ0) is 18.8.